The Kier molecular flexibility index (Phi) is 6.11. The maximum atomic E-state index is 11.9. The highest BCUT2D eigenvalue weighted by atomic mass is 16.5. The minimum absolute atomic E-state index is 0.223. The monoisotopic (exact) mass is 268 g/mol. The molecule has 4 nitrogen and oxygen atoms in total. The Balaban J connectivity index is 1.54. The van der Waals surface area contributed by atoms with Crippen LogP contribution < -0.4 is 5.32 Å². The third kappa shape index (κ3) is 5.11. The molecule has 1 aliphatic carbocycles. The molecule has 2 rings (SSSR count). The highest BCUT2D eigenvalue weighted by molar-refractivity contribution is 5.78. The minimum Gasteiger partial charge on any atom is -0.378 e. The van der Waals surface area contributed by atoms with Gasteiger partial charge in [0, 0.05) is 13.1 Å². The molecule has 110 valence electrons. The van der Waals surface area contributed by atoms with E-state index in [9.17, 15) is 4.79 Å². The van der Waals surface area contributed by atoms with Gasteiger partial charge in [-0.25, -0.2) is 0 Å². The molecular weight excluding hydrogens is 240 g/mol. The first-order chi connectivity index (χ1) is 9.25. The highest BCUT2D eigenvalue weighted by Crippen LogP contribution is 2.30. The zero-order valence-electron chi connectivity index (χ0n) is 12.2. The number of hydrogen-bond donors (Lipinski definition) is 1. The van der Waals surface area contributed by atoms with Crippen LogP contribution in [0.1, 0.15) is 39.0 Å². The number of hydrogen-bond acceptors (Lipinski definition) is 3. The predicted octanol–water partition coefficient (Wildman–Crippen LogP) is 1.65. The molecule has 0 aromatic rings. The average Bonchev–Trinajstić information content (AvgIpc) is 2.44. The van der Waals surface area contributed by atoms with E-state index in [1.54, 1.807) is 0 Å². The number of nitrogens with zero attached hydrogens (tertiary/aromatic N) is 1. The van der Waals surface area contributed by atoms with Crippen molar-refractivity contribution in [2.45, 2.75) is 39.0 Å². The molecule has 0 bridgehead atoms. The lowest BCUT2D eigenvalue weighted by atomic mass is 9.81. The second-order valence-corrected chi connectivity index (χ2v) is 6.10. The number of amides is 1. The van der Waals surface area contributed by atoms with Gasteiger partial charge in [0.15, 0.2) is 0 Å². The molecule has 0 aromatic heterocycles. The fourth-order valence-corrected chi connectivity index (χ4v) is 3.25. The summed E-state index contributed by atoms with van der Waals surface area (Å²) >= 11 is 0. The lowest BCUT2D eigenvalue weighted by Gasteiger charge is -2.28. The maximum absolute atomic E-state index is 11.9. The predicted molar refractivity (Wildman–Crippen MR) is 76.0 cm³/mol. The van der Waals surface area contributed by atoms with Crippen molar-refractivity contribution in [2.24, 2.45) is 11.8 Å². The van der Waals surface area contributed by atoms with Gasteiger partial charge in [-0.2, -0.15) is 0 Å². The number of ether oxygens (including phenoxy) is 1. The second kappa shape index (κ2) is 7.85. The molecule has 19 heavy (non-hydrogen) atoms. The molecule has 2 fully saturated rings. The van der Waals surface area contributed by atoms with E-state index in [0.717, 1.165) is 31.5 Å². The number of nitrogens with one attached hydrogen (secondary N) is 1. The maximum Gasteiger partial charge on any atom is 0.236 e. The Morgan fingerprint density at radius 2 is 2.11 bits per heavy atom. The van der Waals surface area contributed by atoms with Crippen molar-refractivity contribution in [3.8, 4) is 0 Å². The molecule has 1 heterocycles. The summed E-state index contributed by atoms with van der Waals surface area (Å²) in [6.45, 7) is 6.70. The van der Waals surface area contributed by atoms with Crippen LogP contribution in [0.5, 0.6) is 0 Å². The van der Waals surface area contributed by atoms with Gasteiger partial charge in [0.2, 0.25) is 5.91 Å². The SMILES string of the molecule is CC1CCCC(CCNCC(=O)N2CCOCC2)C1. The van der Waals surface area contributed by atoms with Crippen molar-refractivity contribution in [1.82, 2.24) is 10.2 Å². The third-order valence-corrected chi connectivity index (χ3v) is 4.41. The van der Waals surface area contributed by atoms with E-state index in [1.165, 1.54) is 32.1 Å². The quantitative estimate of drug-likeness (QED) is 0.771. The molecule has 2 aliphatic rings. The van der Waals surface area contributed by atoms with Crippen LogP contribution in [0.3, 0.4) is 0 Å². The van der Waals surface area contributed by atoms with Gasteiger partial charge < -0.3 is 15.0 Å². The van der Waals surface area contributed by atoms with E-state index in [1.807, 2.05) is 4.90 Å². The summed E-state index contributed by atoms with van der Waals surface area (Å²) in [5.74, 6) is 1.99. The zero-order chi connectivity index (χ0) is 13.5. The smallest absolute Gasteiger partial charge is 0.236 e. The second-order valence-electron chi connectivity index (χ2n) is 6.10. The zero-order valence-corrected chi connectivity index (χ0v) is 12.2. The van der Waals surface area contributed by atoms with Crippen molar-refractivity contribution < 1.29 is 9.53 Å². The van der Waals surface area contributed by atoms with Gasteiger partial charge in [-0.3, -0.25) is 4.79 Å². The number of carbonyl (C=O) groups excluding carboxylic acids is 1. The standard InChI is InChI=1S/C15H28N2O2/c1-13-3-2-4-14(11-13)5-6-16-12-15(18)17-7-9-19-10-8-17/h13-14,16H,2-12H2,1H3. The Bertz CT molecular complexity index is 277. The lowest BCUT2D eigenvalue weighted by Crippen LogP contribution is -2.44. The molecule has 2 atom stereocenters. The van der Waals surface area contributed by atoms with Crippen LogP contribution in [0.25, 0.3) is 0 Å². The van der Waals surface area contributed by atoms with E-state index in [0.29, 0.717) is 19.8 Å². The Morgan fingerprint density at radius 1 is 1.32 bits per heavy atom. The first-order valence-corrected chi connectivity index (χ1v) is 7.82. The number of rotatable bonds is 5. The molecule has 0 radical (unpaired) electrons. The molecule has 4 heteroatoms. The van der Waals surface area contributed by atoms with Gasteiger partial charge in [-0.1, -0.05) is 26.2 Å². The van der Waals surface area contributed by atoms with E-state index < -0.39 is 0 Å². The molecule has 1 aliphatic heterocycles. The van der Waals surface area contributed by atoms with E-state index >= 15 is 0 Å². The summed E-state index contributed by atoms with van der Waals surface area (Å²) in [6, 6.07) is 0. The van der Waals surface area contributed by atoms with Crippen LogP contribution in [0.2, 0.25) is 0 Å². The number of morpholine rings is 1. The van der Waals surface area contributed by atoms with Crippen molar-refractivity contribution >= 4 is 5.91 Å². The van der Waals surface area contributed by atoms with E-state index in [2.05, 4.69) is 12.2 Å². The summed E-state index contributed by atoms with van der Waals surface area (Å²) in [7, 11) is 0. The van der Waals surface area contributed by atoms with Crippen molar-refractivity contribution in [3.05, 3.63) is 0 Å². The minimum atomic E-state index is 0.223. The van der Waals surface area contributed by atoms with Crippen LogP contribution >= 0.6 is 0 Å². The van der Waals surface area contributed by atoms with Gasteiger partial charge >= 0.3 is 0 Å². The van der Waals surface area contributed by atoms with Crippen LogP contribution in [0.15, 0.2) is 0 Å². The Labute approximate surface area is 116 Å². The lowest BCUT2D eigenvalue weighted by molar-refractivity contribution is -0.134. The molecule has 1 saturated carbocycles. The van der Waals surface area contributed by atoms with E-state index in [4.69, 9.17) is 4.74 Å². The van der Waals surface area contributed by atoms with Crippen LogP contribution in [-0.4, -0.2) is 50.2 Å². The third-order valence-electron chi connectivity index (χ3n) is 4.41. The average molecular weight is 268 g/mol. The topological polar surface area (TPSA) is 41.6 Å². The van der Waals surface area contributed by atoms with Gasteiger partial charge in [0.05, 0.1) is 19.8 Å². The number of carbonyl (C=O) groups is 1. The molecule has 0 aromatic carbocycles. The fourth-order valence-electron chi connectivity index (χ4n) is 3.25. The molecule has 1 N–H and O–H groups in total. The van der Waals surface area contributed by atoms with Gasteiger partial charge in [-0.05, 0) is 31.2 Å². The van der Waals surface area contributed by atoms with Gasteiger partial charge in [-0.15, -0.1) is 0 Å². The Morgan fingerprint density at radius 3 is 2.84 bits per heavy atom. The van der Waals surface area contributed by atoms with Gasteiger partial charge in [0.1, 0.15) is 0 Å². The summed E-state index contributed by atoms with van der Waals surface area (Å²) in [4.78, 5) is 13.8. The van der Waals surface area contributed by atoms with Crippen LogP contribution in [-0.2, 0) is 9.53 Å². The van der Waals surface area contributed by atoms with Crippen LogP contribution in [0.4, 0.5) is 0 Å². The molecule has 0 spiro atoms. The first kappa shape index (κ1) is 14.8. The summed E-state index contributed by atoms with van der Waals surface area (Å²) < 4.78 is 5.25. The highest BCUT2D eigenvalue weighted by Gasteiger charge is 2.19. The molecule has 2 unspecified atom stereocenters. The van der Waals surface area contributed by atoms with Crippen molar-refractivity contribution in [3.63, 3.8) is 0 Å². The fraction of sp³-hybridized carbons (Fsp3) is 0.933. The summed E-state index contributed by atoms with van der Waals surface area (Å²) in [6.07, 6.45) is 6.77. The van der Waals surface area contributed by atoms with Crippen molar-refractivity contribution in [1.29, 1.82) is 0 Å². The molecular formula is C15H28N2O2. The molecule has 1 amide bonds. The van der Waals surface area contributed by atoms with Crippen molar-refractivity contribution in [2.75, 3.05) is 39.4 Å². The summed E-state index contributed by atoms with van der Waals surface area (Å²) in [5, 5.41) is 3.31. The molecule has 1 saturated heterocycles. The van der Waals surface area contributed by atoms with E-state index in [-0.39, 0.29) is 5.91 Å². The Hall–Kier alpha value is -0.610. The van der Waals surface area contributed by atoms with Crippen LogP contribution in [0, 0.1) is 11.8 Å². The summed E-state index contributed by atoms with van der Waals surface area (Å²) in [5.41, 5.74) is 0. The van der Waals surface area contributed by atoms with Gasteiger partial charge in [0.25, 0.3) is 0 Å². The largest absolute Gasteiger partial charge is 0.378 e. The first-order valence-electron chi connectivity index (χ1n) is 7.82. The normalized spacial score (nSPS) is 28.4.